The summed E-state index contributed by atoms with van der Waals surface area (Å²) in [6.07, 6.45) is 5.38. The molecule has 0 saturated carbocycles. The van der Waals surface area contributed by atoms with E-state index in [1.807, 2.05) is 55.6 Å². The van der Waals surface area contributed by atoms with Crippen molar-refractivity contribution in [2.45, 2.75) is 13.3 Å². The molecule has 0 radical (unpaired) electrons. The highest BCUT2D eigenvalue weighted by Gasteiger charge is 2.16. The number of ether oxygens (including phenoxy) is 1. The van der Waals surface area contributed by atoms with Crippen LogP contribution in [0.5, 0.6) is 11.5 Å². The molecule has 0 spiro atoms. The van der Waals surface area contributed by atoms with Gasteiger partial charge in [0.2, 0.25) is 0 Å². The maximum atomic E-state index is 13.2. The second kappa shape index (κ2) is 8.11. The average Bonchev–Trinajstić information content (AvgIpc) is 3.43. The average molecular weight is 426 g/mol. The molecule has 5 rings (SSSR count). The van der Waals surface area contributed by atoms with Crippen LogP contribution in [0.25, 0.3) is 11.2 Å². The Hall–Kier alpha value is -4.26. The summed E-state index contributed by atoms with van der Waals surface area (Å²) >= 11 is 0. The van der Waals surface area contributed by atoms with Crippen molar-refractivity contribution < 1.29 is 13.9 Å². The number of hydrogen-bond donors (Lipinski definition) is 0. The van der Waals surface area contributed by atoms with E-state index in [1.54, 1.807) is 33.7 Å². The van der Waals surface area contributed by atoms with Gasteiger partial charge >= 0.3 is 0 Å². The summed E-state index contributed by atoms with van der Waals surface area (Å²) in [5.41, 5.74) is 3.72. The molecule has 0 fully saturated rings. The Morgan fingerprint density at radius 1 is 1.00 bits per heavy atom. The SMILES string of the molecule is Cc1c(C(=O)Cc2ccc(Oc3cccn4nccc34)cc2)cnn1-c1ccc(F)cc1. The number of nitrogens with zero attached hydrogens (tertiary/aromatic N) is 4. The van der Waals surface area contributed by atoms with Gasteiger partial charge in [0.1, 0.15) is 17.1 Å². The molecule has 0 bridgehead atoms. The van der Waals surface area contributed by atoms with Gasteiger partial charge in [-0.05, 0) is 67.1 Å². The van der Waals surface area contributed by atoms with Gasteiger partial charge in [-0.1, -0.05) is 12.1 Å². The van der Waals surface area contributed by atoms with Gasteiger partial charge in [-0.15, -0.1) is 0 Å². The molecule has 3 aromatic heterocycles. The fraction of sp³-hybridized carbons (Fsp3) is 0.0800. The van der Waals surface area contributed by atoms with Crippen molar-refractivity contribution in [2.24, 2.45) is 0 Å². The highest BCUT2D eigenvalue weighted by Crippen LogP contribution is 2.26. The molecule has 0 saturated heterocycles. The summed E-state index contributed by atoms with van der Waals surface area (Å²) in [5.74, 6) is 1.03. The molecule has 0 atom stereocenters. The van der Waals surface area contributed by atoms with Crippen LogP contribution in [0, 0.1) is 12.7 Å². The van der Waals surface area contributed by atoms with Crippen LogP contribution in [-0.4, -0.2) is 25.2 Å². The number of carbonyl (C=O) groups excluding carboxylic acids is 1. The minimum absolute atomic E-state index is 0.0337. The van der Waals surface area contributed by atoms with Gasteiger partial charge in [-0.2, -0.15) is 10.2 Å². The molecule has 158 valence electrons. The van der Waals surface area contributed by atoms with Crippen molar-refractivity contribution in [2.75, 3.05) is 0 Å². The second-order valence-electron chi connectivity index (χ2n) is 7.41. The van der Waals surface area contributed by atoms with Crippen LogP contribution < -0.4 is 4.74 Å². The van der Waals surface area contributed by atoms with Gasteiger partial charge in [0.25, 0.3) is 0 Å². The fourth-order valence-corrected chi connectivity index (χ4v) is 3.62. The van der Waals surface area contributed by atoms with Crippen LogP contribution in [0.3, 0.4) is 0 Å². The summed E-state index contributed by atoms with van der Waals surface area (Å²) in [4.78, 5) is 12.9. The standard InChI is InChI=1S/C25H19FN4O2/c1-17-22(16-28-30(17)20-8-6-19(26)7-9-20)24(31)15-18-4-10-21(11-5-18)32-25-3-2-14-29-23(25)12-13-27-29/h2-14,16H,15H2,1H3. The summed E-state index contributed by atoms with van der Waals surface area (Å²) in [7, 11) is 0. The van der Waals surface area contributed by atoms with Crippen LogP contribution in [0.15, 0.2) is 85.3 Å². The number of ketones is 1. The Kier molecular flexibility index (Phi) is 4.99. The molecule has 7 heteroatoms. The number of benzene rings is 2. The summed E-state index contributed by atoms with van der Waals surface area (Å²) in [6, 6.07) is 19.1. The minimum atomic E-state index is -0.316. The Balaban J connectivity index is 1.30. The lowest BCUT2D eigenvalue weighted by atomic mass is 10.0. The van der Waals surface area contributed by atoms with E-state index in [0.717, 1.165) is 16.8 Å². The number of halogens is 1. The molecular formula is C25H19FN4O2. The van der Waals surface area contributed by atoms with Crippen molar-refractivity contribution in [3.63, 3.8) is 0 Å². The summed E-state index contributed by atoms with van der Waals surface area (Å²) in [6.45, 7) is 1.83. The first-order chi connectivity index (χ1) is 15.6. The first-order valence-corrected chi connectivity index (χ1v) is 10.1. The molecule has 0 unspecified atom stereocenters. The molecular weight excluding hydrogens is 407 g/mol. The highest BCUT2D eigenvalue weighted by molar-refractivity contribution is 5.98. The van der Waals surface area contributed by atoms with Crippen molar-refractivity contribution in [1.29, 1.82) is 0 Å². The molecule has 6 nitrogen and oxygen atoms in total. The lowest BCUT2D eigenvalue weighted by Gasteiger charge is -2.08. The second-order valence-corrected chi connectivity index (χ2v) is 7.41. The van der Waals surface area contributed by atoms with E-state index in [-0.39, 0.29) is 18.0 Å². The molecule has 0 aliphatic rings. The highest BCUT2D eigenvalue weighted by atomic mass is 19.1. The third-order valence-corrected chi connectivity index (χ3v) is 5.29. The maximum Gasteiger partial charge on any atom is 0.170 e. The van der Waals surface area contributed by atoms with Gasteiger partial charge < -0.3 is 4.74 Å². The van der Waals surface area contributed by atoms with Crippen LogP contribution in [0.1, 0.15) is 21.6 Å². The van der Waals surface area contributed by atoms with Crippen LogP contribution >= 0.6 is 0 Å². The number of hydrogen-bond acceptors (Lipinski definition) is 4. The van der Waals surface area contributed by atoms with Crippen molar-refractivity contribution in [1.82, 2.24) is 19.4 Å². The van der Waals surface area contributed by atoms with Crippen LogP contribution in [0.2, 0.25) is 0 Å². The van der Waals surface area contributed by atoms with E-state index in [9.17, 15) is 9.18 Å². The largest absolute Gasteiger partial charge is 0.455 e. The Morgan fingerprint density at radius 3 is 2.56 bits per heavy atom. The first-order valence-electron chi connectivity index (χ1n) is 10.1. The number of carbonyl (C=O) groups is 1. The van der Waals surface area contributed by atoms with E-state index in [1.165, 1.54) is 12.1 Å². The summed E-state index contributed by atoms with van der Waals surface area (Å²) < 4.78 is 22.6. The smallest absolute Gasteiger partial charge is 0.170 e. The Morgan fingerprint density at radius 2 is 1.78 bits per heavy atom. The van der Waals surface area contributed by atoms with Crippen molar-refractivity contribution in [3.05, 3.63) is 108 Å². The zero-order chi connectivity index (χ0) is 22.1. The van der Waals surface area contributed by atoms with Crippen LogP contribution in [0.4, 0.5) is 4.39 Å². The van der Waals surface area contributed by atoms with E-state index in [4.69, 9.17) is 4.74 Å². The van der Waals surface area contributed by atoms with Gasteiger partial charge in [0.05, 0.1) is 29.3 Å². The number of Topliss-reactive ketones (excluding diaryl/α,β-unsaturated/α-hetero) is 1. The Bertz CT molecular complexity index is 1400. The number of pyridine rings is 1. The fourth-order valence-electron chi connectivity index (χ4n) is 3.62. The molecule has 3 heterocycles. The number of rotatable bonds is 6. The zero-order valence-electron chi connectivity index (χ0n) is 17.3. The summed E-state index contributed by atoms with van der Waals surface area (Å²) in [5, 5.41) is 8.51. The van der Waals surface area contributed by atoms with Gasteiger partial charge in [-0.25, -0.2) is 13.6 Å². The van der Waals surface area contributed by atoms with Crippen molar-refractivity contribution in [3.8, 4) is 17.2 Å². The number of fused-ring (bicyclic) bond motifs is 1. The molecule has 0 aliphatic heterocycles. The Labute approximate surface area is 183 Å². The topological polar surface area (TPSA) is 61.4 Å². The predicted molar refractivity (Wildman–Crippen MR) is 118 cm³/mol. The van der Waals surface area contributed by atoms with Crippen LogP contribution in [-0.2, 0) is 6.42 Å². The zero-order valence-corrected chi connectivity index (χ0v) is 17.3. The van der Waals surface area contributed by atoms with Crippen molar-refractivity contribution >= 4 is 11.3 Å². The van der Waals surface area contributed by atoms with Gasteiger partial charge in [0, 0.05) is 12.6 Å². The monoisotopic (exact) mass is 426 g/mol. The maximum absolute atomic E-state index is 13.2. The lowest BCUT2D eigenvalue weighted by molar-refractivity contribution is 0.0992. The van der Waals surface area contributed by atoms with E-state index in [0.29, 0.717) is 22.7 Å². The third kappa shape index (κ3) is 3.76. The minimum Gasteiger partial charge on any atom is -0.455 e. The van der Waals surface area contributed by atoms with Gasteiger partial charge in [0.15, 0.2) is 11.5 Å². The molecule has 5 aromatic rings. The predicted octanol–water partition coefficient (Wildman–Crippen LogP) is 5.19. The lowest BCUT2D eigenvalue weighted by Crippen LogP contribution is -2.06. The van der Waals surface area contributed by atoms with E-state index in [2.05, 4.69) is 10.2 Å². The number of aromatic nitrogens is 4. The van der Waals surface area contributed by atoms with E-state index < -0.39 is 0 Å². The first kappa shape index (κ1) is 19.7. The molecule has 0 aliphatic carbocycles. The van der Waals surface area contributed by atoms with Gasteiger partial charge in [-0.3, -0.25) is 4.79 Å². The molecule has 0 amide bonds. The third-order valence-electron chi connectivity index (χ3n) is 5.29. The quantitative estimate of drug-likeness (QED) is 0.351. The molecule has 32 heavy (non-hydrogen) atoms. The molecule has 0 N–H and O–H groups in total. The normalized spacial score (nSPS) is 11.1. The van der Waals surface area contributed by atoms with E-state index >= 15 is 0 Å². The molecule has 2 aromatic carbocycles.